The van der Waals surface area contributed by atoms with Gasteiger partial charge in [0.2, 0.25) is 0 Å². The quantitative estimate of drug-likeness (QED) is 0.387. The lowest BCUT2D eigenvalue weighted by Crippen LogP contribution is -2.36. The third-order valence-corrected chi connectivity index (χ3v) is 5.64. The molecule has 0 saturated carbocycles. The fraction of sp³-hybridized carbons (Fsp3) is 0.217. The number of esters is 1. The van der Waals surface area contributed by atoms with Crippen molar-refractivity contribution in [1.29, 1.82) is 0 Å². The molecule has 2 amide bonds. The Morgan fingerprint density at radius 2 is 1.85 bits per heavy atom. The van der Waals surface area contributed by atoms with Gasteiger partial charge in [-0.25, -0.2) is 14.0 Å². The highest BCUT2D eigenvalue weighted by atomic mass is 35.5. The van der Waals surface area contributed by atoms with E-state index in [1.807, 2.05) is 24.3 Å². The number of benzene rings is 2. The Bertz CT molecular complexity index is 1240. The second kappa shape index (κ2) is 8.82. The Morgan fingerprint density at radius 1 is 1.15 bits per heavy atom. The monoisotopic (exact) mass is 477 g/mol. The van der Waals surface area contributed by atoms with Crippen molar-refractivity contribution in [2.75, 3.05) is 17.6 Å². The van der Waals surface area contributed by atoms with E-state index in [2.05, 4.69) is 4.98 Å². The molecule has 172 valence electrons. The maximum atomic E-state index is 13.1. The van der Waals surface area contributed by atoms with Crippen LogP contribution in [0.5, 0.6) is 0 Å². The molecule has 0 spiro atoms. The van der Waals surface area contributed by atoms with Crippen molar-refractivity contribution < 1.29 is 27.5 Å². The van der Waals surface area contributed by atoms with Crippen LogP contribution < -0.4 is 4.42 Å². The van der Waals surface area contributed by atoms with Gasteiger partial charge in [-0.2, -0.15) is 13.2 Å². The summed E-state index contributed by atoms with van der Waals surface area (Å²) >= 11 is 6.19. The Labute approximate surface area is 192 Å². The number of ether oxygens (including phenoxy) is 1. The van der Waals surface area contributed by atoms with E-state index in [-0.39, 0.29) is 24.4 Å². The Morgan fingerprint density at radius 3 is 2.52 bits per heavy atom. The smallest absolute Gasteiger partial charge is 0.416 e. The molecular weight excluding hydrogens is 459 g/mol. The third kappa shape index (κ3) is 4.41. The van der Waals surface area contributed by atoms with Crippen molar-refractivity contribution in [3.63, 3.8) is 0 Å². The number of alkyl halides is 3. The molecule has 3 aromatic rings. The van der Waals surface area contributed by atoms with Crippen LogP contribution >= 0.6 is 11.8 Å². The van der Waals surface area contributed by atoms with Gasteiger partial charge in [-0.15, -0.1) is 0 Å². The molecule has 1 N–H and O–H groups in total. The van der Waals surface area contributed by atoms with Crippen molar-refractivity contribution in [2.24, 2.45) is 0 Å². The van der Waals surface area contributed by atoms with Gasteiger partial charge < -0.3 is 9.72 Å². The summed E-state index contributed by atoms with van der Waals surface area (Å²) in [7, 11) is 0. The van der Waals surface area contributed by atoms with Crippen LogP contribution in [0.2, 0.25) is 0 Å². The van der Waals surface area contributed by atoms with Gasteiger partial charge >= 0.3 is 18.2 Å². The number of urea groups is 1. The number of hydrogen-bond acceptors (Lipinski definition) is 3. The number of carbonyl (C=O) groups excluding carboxylic acids is 2. The van der Waals surface area contributed by atoms with Crippen molar-refractivity contribution in [1.82, 2.24) is 9.88 Å². The lowest BCUT2D eigenvalue weighted by atomic mass is 10.0. The van der Waals surface area contributed by atoms with Crippen LogP contribution in [0.4, 0.5) is 23.7 Å². The number of aromatic amines is 1. The summed E-state index contributed by atoms with van der Waals surface area (Å²) in [6.07, 6.45) is -2.72. The topological polar surface area (TPSA) is 65.6 Å². The Kier molecular flexibility index (Phi) is 6.07. The number of para-hydroxylation sites is 1. The first-order valence-electron chi connectivity index (χ1n) is 10.1. The van der Waals surface area contributed by atoms with E-state index in [1.54, 1.807) is 6.92 Å². The first kappa shape index (κ1) is 22.7. The molecule has 0 aliphatic carbocycles. The molecule has 2 aromatic carbocycles. The SMILES string of the molecule is CCOC(=O)C1=CN(C(=O)N(Cl)c2ccc(C(F)(F)F)cc2)CCc2c1[nH]c1ccccc21. The summed E-state index contributed by atoms with van der Waals surface area (Å²) in [4.78, 5) is 30.3. The Balaban J connectivity index is 1.68. The molecule has 33 heavy (non-hydrogen) atoms. The number of halogens is 4. The van der Waals surface area contributed by atoms with E-state index in [0.29, 0.717) is 12.1 Å². The van der Waals surface area contributed by atoms with Crippen LogP contribution in [0.25, 0.3) is 16.5 Å². The first-order chi connectivity index (χ1) is 15.7. The molecule has 0 fully saturated rings. The van der Waals surface area contributed by atoms with Crippen molar-refractivity contribution in [2.45, 2.75) is 19.5 Å². The zero-order valence-corrected chi connectivity index (χ0v) is 18.2. The van der Waals surface area contributed by atoms with Crippen molar-refractivity contribution in [3.05, 3.63) is 71.6 Å². The van der Waals surface area contributed by atoms with E-state index < -0.39 is 23.7 Å². The van der Waals surface area contributed by atoms with E-state index in [0.717, 1.165) is 45.2 Å². The van der Waals surface area contributed by atoms with Gasteiger partial charge in [-0.05, 0) is 49.2 Å². The predicted octanol–water partition coefficient (Wildman–Crippen LogP) is 5.73. The average Bonchev–Trinajstić information content (AvgIpc) is 3.05. The normalized spacial score (nSPS) is 13.8. The van der Waals surface area contributed by atoms with Crippen LogP contribution in [0.15, 0.2) is 54.7 Å². The second-order valence-corrected chi connectivity index (χ2v) is 7.68. The number of aromatic nitrogens is 1. The zero-order valence-electron chi connectivity index (χ0n) is 17.4. The lowest BCUT2D eigenvalue weighted by Gasteiger charge is -2.23. The minimum absolute atomic E-state index is 0.0639. The van der Waals surface area contributed by atoms with E-state index in [4.69, 9.17) is 16.5 Å². The van der Waals surface area contributed by atoms with E-state index in [9.17, 15) is 22.8 Å². The van der Waals surface area contributed by atoms with Crippen molar-refractivity contribution in [3.8, 4) is 0 Å². The standard InChI is InChI=1S/C23H19ClF3N3O3/c1-2-33-21(31)18-13-29(12-11-17-16-5-3-4-6-19(16)28-20(17)18)22(32)30(24)15-9-7-14(8-10-15)23(25,26)27/h3-10,13,28H,2,11-12H2,1H3. The number of fused-ring (bicyclic) bond motifs is 3. The van der Waals surface area contributed by atoms with Gasteiger partial charge in [0.05, 0.1) is 29.1 Å². The third-order valence-electron chi connectivity index (χ3n) is 5.30. The number of nitrogens with one attached hydrogen (secondary N) is 1. The number of hydrogen-bond donors (Lipinski definition) is 1. The molecule has 1 aliphatic rings. The molecule has 1 aromatic heterocycles. The minimum Gasteiger partial charge on any atom is -0.462 e. The maximum absolute atomic E-state index is 13.1. The van der Waals surface area contributed by atoms with Crippen LogP contribution in [0.1, 0.15) is 23.7 Å². The molecule has 0 radical (unpaired) electrons. The van der Waals surface area contributed by atoms with Gasteiger partial charge in [0.15, 0.2) is 0 Å². The molecule has 0 atom stereocenters. The highest BCUT2D eigenvalue weighted by molar-refractivity contribution is 6.36. The van der Waals surface area contributed by atoms with Crippen LogP contribution in [-0.2, 0) is 22.1 Å². The summed E-state index contributed by atoms with van der Waals surface area (Å²) in [6, 6.07) is 10.7. The van der Waals surface area contributed by atoms with Crippen molar-refractivity contribution >= 4 is 45.9 Å². The second-order valence-electron chi connectivity index (χ2n) is 7.34. The van der Waals surface area contributed by atoms with Crippen LogP contribution in [-0.4, -0.2) is 35.0 Å². The molecule has 10 heteroatoms. The zero-order chi connectivity index (χ0) is 23.8. The maximum Gasteiger partial charge on any atom is 0.416 e. The van der Waals surface area contributed by atoms with Crippen LogP contribution in [0.3, 0.4) is 0 Å². The molecule has 0 unspecified atom stereocenters. The molecule has 4 rings (SSSR count). The molecule has 6 nitrogen and oxygen atoms in total. The highest BCUT2D eigenvalue weighted by Gasteiger charge is 2.32. The van der Waals surface area contributed by atoms with Gasteiger partial charge in [0.1, 0.15) is 0 Å². The Hall–Kier alpha value is -3.46. The summed E-state index contributed by atoms with van der Waals surface area (Å²) in [5.74, 6) is -0.611. The largest absolute Gasteiger partial charge is 0.462 e. The minimum atomic E-state index is -4.50. The number of rotatable bonds is 3. The molecule has 0 saturated heterocycles. The fourth-order valence-electron chi connectivity index (χ4n) is 3.73. The first-order valence-corrected chi connectivity index (χ1v) is 10.5. The average molecular weight is 478 g/mol. The van der Waals surface area contributed by atoms with Gasteiger partial charge in [-0.3, -0.25) is 4.90 Å². The number of H-pyrrole nitrogens is 1. The number of nitrogens with zero attached hydrogens (tertiary/aromatic N) is 2. The predicted molar refractivity (Wildman–Crippen MR) is 118 cm³/mol. The van der Waals surface area contributed by atoms with E-state index in [1.165, 1.54) is 11.1 Å². The van der Waals surface area contributed by atoms with Gasteiger partial charge in [-0.1, -0.05) is 18.2 Å². The number of amides is 2. The summed E-state index contributed by atoms with van der Waals surface area (Å²) in [5.41, 5.74) is 1.63. The van der Waals surface area contributed by atoms with Gasteiger partial charge in [0.25, 0.3) is 0 Å². The number of anilines is 1. The molecular formula is C23H19ClF3N3O3. The summed E-state index contributed by atoms with van der Waals surface area (Å²) in [5, 5.41) is 0.919. The van der Waals surface area contributed by atoms with Gasteiger partial charge in [0, 0.05) is 35.4 Å². The van der Waals surface area contributed by atoms with E-state index >= 15 is 0 Å². The molecule has 0 bridgehead atoms. The number of carbonyl (C=O) groups is 2. The summed E-state index contributed by atoms with van der Waals surface area (Å²) in [6.45, 7) is 2.02. The highest BCUT2D eigenvalue weighted by Crippen LogP contribution is 2.33. The fourth-order valence-corrected chi connectivity index (χ4v) is 3.94. The summed E-state index contributed by atoms with van der Waals surface area (Å²) < 4.78 is 44.4. The van der Waals surface area contributed by atoms with Crippen LogP contribution in [0, 0.1) is 0 Å². The molecule has 2 heterocycles. The molecule has 1 aliphatic heterocycles. The lowest BCUT2D eigenvalue weighted by molar-refractivity contribution is -0.138.